The minimum absolute atomic E-state index is 0.0813. The van der Waals surface area contributed by atoms with Crippen molar-refractivity contribution in [2.24, 2.45) is 5.41 Å². The highest BCUT2D eigenvalue weighted by molar-refractivity contribution is 6.00. The highest BCUT2D eigenvalue weighted by Gasteiger charge is 2.44. The number of hydrogen-bond acceptors (Lipinski definition) is 8. The molecule has 0 spiro atoms. The lowest BCUT2D eigenvalue weighted by Gasteiger charge is -2.37. The molecule has 9 heteroatoms. The number of methoxy groups -OCH3 is 2. The van der Waals surface area contributed by atoms with Gasteiger partial charge in [-0.2, -0.15) is 0 Å². The van der Waals surface area contributed by atoms with Crippen molar-refractivity contribution in [2.45, 2.75) is 39.0 Å². The van der Waals surface area contributed by atoms with Crippen LogP contribution in [0.25, 0.3) is 5.65 Å². The van der Waals surface area contributed by atoms with E-state index >= 15 is 0 Å². The van der Waals surface area contributed by atoms with Crippen LogP contribution < -0.4 is 14.2 Å². The Morgan fingerprint density at radius 2 is 1.97 bits per heavy atom. The molecule has 188 valence electrons. The van der Waals surface area contributed by atoms with Gasteiger partial charge in [0.05, 0.1) is 25.7 Å². The zero-order valence-electron chi connectivity index (χ0n) is 21.2. The summed E-state index contributed by atoms with van der Waals surface area (Å²) >= 11 is 0. The van der Waals surface area contributed by atoms with Crippen LogP contribution in [0.3, 0.4) is 0 Å². The second kappa shape index (κ2) is 8.69. The maximum atomic E-state index is 13.5. The largest absolute Gasteiger partial charge is 0.493 e. The van der Waals surface area contributed by atoms with Crippen LogP contribution in [0, 0.1) is 5.41 Å². The van der Waals surface area contributed by atoms with Crippen molar-refractivity contribution in [3.05, 3.63) is 82.9 Å². The first kappa shape index (κ1) is 23.1. The van der Waals surface area contributed by atoms with E-state index in [1.54, 1.807) is 37.5 Å². The average Bonchev–Trinajstić information content (AvgIpc) is 3.29. The first-order valence-corrected chi connectivity index (χ1v) is 12.2. The predicted molar refractivity (Wildman–Crippen MR) is 135 cm³/mol. The van der Waals surface area contributed by atoms with E-state index in [0.717, 1.165) is 16.7 Å². The number of carbonyl (C=O) groups is 1. The number of allylic oxidation sites excluding steroid dienone is 2. The Balaban J connectivity index is 1.47. The Hall–Kier alpha value is -4.27. The van der Waals surface area contributed by atoms with Crippen molar-refractivity contribution < 1.29 is 19.0 Å². The lowest BCUT2D eigenvalue weighted by molar-refractivity contribution is -0.118. The number of ketones is 1. The van der Waals surface area contributed by atoms with E-state index in [0.29, 0.717) is 59.4 Å². The molecule has 37 heavy (non-hydrogen) atoms. The van der Waals surface area contributed by atoms with Gasteiger partial charge in [-0.15, -0.1) is 5.10 Å². The quantitative estimate of drug-likeness (QED) is 0.402. The monoisotopic (exact) mass is 497 g/mol. The summed E-state index contributed by atoms with van der Waals surface area (Å²) in [7, 11) is 3.22. The maximum Gasteiger partial charge on any atom is 0.228 e. The molecule has 0 unspecified atom stereocenters. The van der Waals surface area contributed by atoms with Crippen LogP contribution in [-0.4, -0.2) is 44.6 Å². The number of carbonyl (C=O) groups excluding carboxylic acids is 1. The fraction of sp³-hybridized carbons (Fsp3) is 0.321. The third kappa shape index (κ3) is 4.00. The number of Topliss-reactive ketones (excluding diaryl/α,β-unsaturated/α-hetero) is 1. The van der Waals surface area contributed by atoms with Gasteiger partial charge in [0.1, 0.15) is 12.1 Å². The summed E-state index contributed by atoms with van der Waals surface area (Å²) in [6.07, 6.45) is 6.73. The van der Waals surface area contributed by atoms with Crippen LogP contribution in [0.5, 0.6) is 17.4 Å². The van der Waals surface area contributed by atoms with Crippen molar-refractivity contribution in [1.82, 2.24) is 24.6 Å². The summed E-state index contributed by atoms with van der Waals surface area (Å²) in [5.74, 6) is 2.76. The highest BCUT2D eigenvalue weighted by Crippen LogP contribution is 2.50. The molecule has 0 amide bonds. The molecule has 0 fully saturated rings. The minimum atomic E-state index is -0.384. The number of pyridine rings is 1. The third-order valence-corrected chi connectivity index (χ3v) is 6.94. The van der Waals surface area contributed by atoms with Crippen LogP contribution in [0.1, 0.15) is 55.1 Å². The van der Waals surface area contributed by atoms with Gasteiger partial charge in [0.25, 0.3) is 0 Å². The average molecular weight is 498 g/mol. The topological polar surface area (TPSA) is 101 Å². The summed E-state index contributed by atoms with van der Waals surface area (Å²) in [4.78, 5) is 27.3. The van der Waals surface area contributed by atoms with E-state index in [4.69, 9.17) is 19.2 Å². The smallest absolute Gasteiger partial charge is 0.228 e. The van der Waals surface area contributed by atoms with Crippen LogP contribution >= 0.6 is 0 Å². The molecule has 1 atom stereocenters. The van der Waals surface area contributed by atoms with Gasteiger partial charge in [-0.25, -0.2) is 14.5 Å². The number of hydrogen-bond donors (Lipinski definition) is 0. The van der Waals surface area contributed by atoms with Crippen molar-refractivity contribution in [3.8, 4) is 17.4 Å². The summed E-state index contributed by atoms with van der Waals surface area (Å²) in [6, 6.07) is 9.60. The molecule has 0 saturated carbocycles. The molecule has 4 heterocycles. The molecule has 1 aromatic carbocycles. The van der Waals surface area contributed by atoms with Crippen molar-refractivity contribution >= 4 is 11.4 Å². The molecule has 2 aliphatic rings. The maximum absolute atomic E-state index is 13.5. The van der Waals surface area contributed by atoms with Crippen molar-refractivity contribution in [1.29, 1.82) is 0 Å². The van der Waals surface area contributed by atoms with Crippen LogP contribution in [0.2, 0.25) is 0 Å². The van der Waals surface area contributed by atoms with Crippen molar-refractivity contribution in [3.63, 3.8) is 0 Å². The Labute approximate surface area is 214 Å². The Morgan fingerprint density at radius 1 is 1.14 bits per heavy atom. The van der Waals surface area contributed by atoms with E-state index in [-0.39, 0.29) is 17.1 Å². The van der Waals surface area contributed by atoms with E-state index in [2.05, 4.69) is 28.9 Å². The number of ether oxygens (including phenoxy) is 3. The van der Waals surface area contributed by atoms with Crippen LogP contribution in [0.15, 0.2) is 60.4 Å². The number of benzene rings is 1. The van der Waals surface area contributed by atoms with Gasteiger partial charge in [0.15, 0.2) is 28.8 Å². The molecule has 1 aliphatic heterocycles. The Kier molecular flexibility index (Phi) is 5.43. The zero-order chi connectivity index (χ0) is 25.7. The Bertz CT molecular complexity index is 1560. The van der Waals surface area contributed by atoms with Crippen LogP contribution in [0.4, 0.5) is 0 Å². The molecule has 4 aromatic rings. The molecule has 9 nitrogen and oxygen atoms in total. The molecule has 0 radical (unpaired) electrons. The van der Waals surface area contributed by atoms with Gasteiger partial charge in [-0.3, -0.25) is 9.78 Å². The number of nitrogens with zero attached hydrogens (tertiary/aromatic N) is 5. The van der Waals surface area contributed by atoms with Gasteiger partial charge in [0, 0.05) is 37.2 Å². The molecule has 0 N–H and O–H groups in total. The van der Waals surface area contributed by atoms with Gasteiger partial charge in [0.2, 0.25) is 5.88 Å². The second-order valence-electron chi connectivity index (χ2n) is 10.2. The molecule has 1 aliphatic carbocycles. The number of fused-ring (bicyclic) bond motifs is 3. The van der Waals surface area contributed by atoms with Gasteiger partial charge in [-0.1, -0.05) is 26.0 Å². The van der Waals surface area contributed by atoms with E-state index in [9.17, 15) is 4.79 Å². The summed E-state index contributed by atoms with van der Waals surface area (Å²) < 4.78 is 18.8. The fourth-order valence-corrected chi connectivity index (χ4v) is 5.32. The van der Waals surface area contributed by atoms with Crippen molar-refractivity contribution in [2.75, 3.05) is 14.2 Å². The van der Waals surface area contributed by atoms with Gasteiger partial charge in [-0.05, 0) is 34.7 Å². The highest BCUT2D eigenvalue weighted by atomic mass is 16.5. The second-order valence-corrected chi connectivity index (χ2v) is 10.2. The standard InChI is InChI=1S/C28H27N5O4/c1-28(2)12-18(34)24-21(13-28)37-27-25(23(24)17-6-5-9-29-14-17)26-31-22(32-33(26)15-30-27)11-16-7-8-19(35-3)20(10-16)36-4/h5-10,14-15,23H,11-13H2,1-4H3/t23-/m1/s1. The number of aromatic nitrogens is 5. The van der Waals surface area contributed by atoms with E-state index < -0.39 is 0 Å². The molecular weight excluding hydrogens is 470 g/mol. The zero-order valence-corrected chi connectivity index (χ0v) is 21.2. The SMILES string of the molecule is COc1ccc(Cc2nc3c4c(ncn3n2)OC2=C(C(=O)CC(C)(C)C2)[C@H]4c2cccnc2)cc1OC. The predicted octanol–water partition coefficient (Wildman–Crippen LogP) is 4.29. The lowest BCUT2D eigenvalue weighted by atomic mass is 9.70. The summed E-state index contributed by atoms with van der Waals surface area (Å²) in [6.45, 7) is 4.17. The number of rotatable bonds is 5. The first-order valence-electron chi connectivity index (χ1n) is 12.2. The first-order chi connectivity index (χ1) is 17.9. The molecule has 0 saturated heterocycles. The summed E-state index contributed by atoms with van der Waals surface area (Å²) in [5.41, 5.74) is 3.70. The van der Waals surface area contributed by atoms with Gasteiger partial charge < -0.3 is 14.2 Å². The molecular formula is C28H27N5O4. The summed E-state index contributed by atoms with van der Waals surface area (Å²) in [5, 5.41) is 4.69. The lowest BCUT2D eigenvalue weighted by Crippen LogP contribution is -2.33. The van der Waals surface area contributed by atoms with Crippen LogP contribution in [-0.2, 0) is 11.2 Å². The fourth-order valence-electron chi connectivity index (χ4n) is 5.32. The molecule has 3 aromatic heterocycles. The third-order valence-electron chi connectivity index (χ3n) is 6.94. The normalized spacial score (nSPS) is 18.3. The molecule has 0 bridgehead atoms. The Morgan fingerprint density at radius 3 is 2.73 bits per heavy atom. The van der Waals surface area contributed by atoms with E-state index in [1.807, 2.05) is 30.3 Å². The van der Waals surface area contributed by atoms with E-state index in [1.165, 1.54) is 0 Å². The molecule has 6 rings (SSSR count). The minimum Gasteiger partial charge on any atom is -0.493 e. The van der Waals surface area contributed by atoms with Gasteiger partial charge >= 0.3 is 0 Å².